The summed E-state index contributed by atoms with van der Waals surface area (Å²) in [5, 5.41) is 24.6. The predicted molar refractivity (Wildman–Crippen MR) is 186 cm³/mol. The molecule has 0 aromatic rings. The zero-order chi connectivity index (χ0) is 40.4. The Morgan fingerprint density at radius 1 is 0.574 bits per heavy atom. The molecule has 0 spiro atoms. The second-order valence-electron chi connectivity index (χ2n) is 14.6. The van der Waals surface area contributed by atoms with Gasteiger partial charge in [0.1, 0.15) is 6.10 Å². The smallest absolute Gasteiger partial charge is 0.547 e. The van der Waals surface area contributed by atoms with E-state index in [0.717, 1.165) is 12.8 Å². The van der Waals surface area contributed by atoms with Crippen molar-refractivity contribution in [3.05, 3.63) is 0 Å². The zero-order valence-corrected chi connectivity index (χ0v) is 35.7. The van der Waals surface area contributed by atoms with Crippen molar-refractivity contribution in [3.8, 4) is 0 Å². The van der Waals surface area contributed by atoms with Crippen LogP contribution in [0.15, 0.2) is 0 Å². The number of ether oxygens (including phenoxy) is 7. The van der Waals surface area contributed by atoms with Gasteiger partial charge in [0, 0.05) is 13.2 Å². The first-order valence-corrected chi connectivity index (χ1v) is 18.3. The Bertz CT molecular complexity index is 1180. The molecule has 0 aliphatic carbocycles. The summed E-state index contributed by atoms with van der Waals surface area (Å²) in [5.74, 6) is -2.48. The van der Waals surface area contributed by atoms with Gasteiger partial charge in [0.15, 0.2) is 30.5 Å². The molecule has 17 nitrogen and oxygen atoms in total. The first-order valence-electron chi connectivity index (χ1n) is 18.3. The van der Waals surface area contributed by atoms with Gasteiger partial charge in [-0.15, -0.1) is 0 Å². The normalized spacial score (nSPS) is 23.0. The molecule has 3 fully saturated rings. The molecule has 3 aliphatic heterocycles. The number of nitrogens with one attached hydrogen (secondary N) is 2. The molecule has 0 bridgehead atoms. The summed E-state index contributed by atoms with van der Waals surface area (Å²) in [6, 6.07) is -0.203. The van der Waals surface area contributed by atoms with Gasteiger partial charge in [-0.3, -0.25) is 9.59 Å². The number of aliphatic carboxylic acids is 2. The molecule has 2 amide bonds. The summed E-state index contributed by atoms with van der Waals surface area (Å²) in [6.07, 6.45) is -3.78. The molecule has 8 atom stereocenters. The van der Waals surface area contributed by atoms with E-state index in [2.05, 4.69) is 75.5 Å². The second kappa shape index (κ2) is 26.5. The first-order chi connectivity index (χ1) is 24.8. The van der Waals surface area contributed by atoms with Gasteiger partial charge in [-0.2, -0.15) is 0 Å². The SMILES string of the molecule is CC(C)COC[C@H](CC(C)C)NC(=O)[C@H]1O[C@@H]1C(=O)[O-].CCOC(=O)[C@H]1O[C@@H]1C(=O)N[C@H](COCC(C)C)CC(C)C.CCOC(=O)[C@H]1O[C@@H]1C(=O)O.[Na+]. The number of rotatable bonds is 22. The van der Waals surface area contributed by atoms with E-state index in [-0.39, 0.29) is 60.8 Å². The van der Waals surface area contributed by atoms with Gasteiger partial charge in [0.05, 0.1) is 44.5 Å². The van der Waals surface area contributed by atoms with Gasteiger partial charge in [-0.05, 0) is 50.4 Å². The monoisotopic (exact) mass is 784 g/mol. The molecular formula is C36H61N2NaO15. The third-order valence-corrected chi connectivity index (χ3v) is 7.25. The van der Waals surface area contributed by atoms with Gasteiger partial charge < -0.3 is 58.8 Å². The van der Waals surface area contributed by atoms with E-state index in [0.29, 0.717) is 50.1 Å². The number of carboxylic acid groups (broad SMARTS) is 2. The van der Waals surface area contributed by atoms with Crippen molar-refractivity contribution in [1.82, 2.24) is 10.6 Å². The largest absolute Gasteiger partial charge is 1.00 e. The van der Waals surface area contributed by atoms with Crippen molar-refractivity contribution in [1.29, 1.82) is 0 Å². The minimum absolute atomic E-state index is 0. The first kappa shape index (κ1) is 51.6. The van der Waals surface area contributed by atoms with Crippen LogP contribution in [0.4, 0.5) is 0 Å². The number of esters is 2. The maximum atomic E-state index is 12.1. The topological polar surface area (TPSA) is 244 Å². The Morgan fingerprint density at radius 2 is 0.926 bits per heavy atom. The Hall–Kier alpha value is -2.38. The van der Waals surface area contributed by atoms with E-state index >= 15 is 0 Å². The number of hydrogen-bond donors (Lipinski definition) is 3. The van der Waals surface area contributed by atoms with Crippen molar-refractivity contribution in [3.63, 3.8) is 0 Å². The fourth-order valence-corrected chi connectivity index (χ4v) is 4.84. The summed E-state index contributed by atoms with van der Waals surface area (Å²) in [4.78, 5) is 66.8. The number of epoxide rings is 3. The maximum Gasteiger partial charge on any atom is 1.00 e. The van der Waals surface area contributed by atoms with Gasteiger partial charge in [0.2, 0.25) is 0 Å². The Labute approximate surface area is 340 Å². The van der Waals surface area contributed by atoms with Crippen molar-refractivity contribution in [2.75, 3.05) is 39.6 Å². The van der Waals surface area contributed by atoms with E-state index in [4.69, 9.17) is 28.8 Å². The minimum Gasteiger partial charge on any atom is -0.547 e. The summed E-state index contributed by atoms with van der Waals surface area (Å²) in [5.41, 5.74) is 0. The summed E-state index contributed by atoms with van der Waals surface area (Å²) < 4.78 is 34.9. The van der Waals surface area contributed by atoms with Gasteiger partial charge in [0.25, 0.3) is 11.8 Å². The molecule has 0 radical (unpaired) electrons. The molecule has 0 unspecified atom stereocenters. The molecule has 54 heavy (non-hydrogen) atoms. The number of carboxylic acids is 2. The van der Waals surface area contributed by atoms with Crippen LogP contribution >= 0.6 is 0 Å². The fourth-order valence-electron chi connectivity index (χ4n) is 4.84. The summed E-state index contributed by atoms with van der Waals surface area (Å²) >= 11 is 0. The van der Waals surface area contributed by atoms with E-state index in [1.807, 2.05) is 0 Å². The predicted octanol–water partition coefficient (Wildman–Crippen LogP) is -2.37. The molecule has 3 saturated heterocycles. The third kappa shape index (κ3) is 21.6. The third-order valence-electron chi connectivity index (χ3n) is 7.25. The van der Waals surface area contributed by atoms with Crippen LogP contribution in [0.3, 0.4) is 0 Å². The molecule has 3 rings (SSSR count). The van der Waals surface area contributed by atoms with Gasteiger partial charge in [-0.25, -0.2) is 14.4 Å². The molecule has 3 aliphatic rings. The number of carbonyl (C=O) groups is 6. The summed E-state index contributed by atoms with van der Waals surface area (Å²) in [7, 11) is 0. The van der Waals surface area contributed by atoms with Crippen LogP contribution in [-0.2, 0) is 61.9 Å². The van der Waals surface area contributed by atoms with Crippen molar-refractivity contribution in [2.24, 2.45) is 23.7 Å². The van der Waals surface area contributed by atoms with Crippen molar-refractivity contribution >= 4 is 35.7 Å². The van der Waals surface area contributed by atoms with E-state index in [1.165, 1.54) is 0 Å². The van der Waals surface area contributed by atoms with Crippen LogP contribution in [-0.4, -0.2) is 129 Å². The number of hydrogen-bond acceptors (Lipinski definition) is 14. The van der Waals surface area contributed by atoms with Gasteiger partial charge >= 0.3 is 47.5 Å². The van der Waals surface area contributed by atoms with Crippen LogP contribution < -0.4 is 45.3 Å². The Balaban J connectivity index is 0.000000812. The fraction of sp³-hybridized carbons (Fsp3) is 0.833. The molecule has 18 heteroatoms. The van der Waals surface area contributed by atoms with Crippen LogP contribution in [0.25, 0.3) is 0 Å². The van der Waals surface area contributed by atoms with Crippen LogP contribution in [0.1, 0.15) is 82.1 Å². The molecule has 3 N–H and O–H groups in total. The molecular weight excluding hydrogens is 723 g/mol. The minimum atomic E-state index is -1.35. The maximum absolute atomic E-state index is 12.1. The Kier molecular flexibility index (Phi) is 25.3. The molecule has 306 valence electrons. The average molecular weight is 785 g/mol. The standard InChI is InChI=1S/C16H29NO5.C14H25NO5.C6H8O5.Na/c1-6-21-16(19)14-13(22-14)15(18)17-12(7-10(2)3)9-20-8-11(4)5;1-8(2)5-10(7-19-6-9(3)4)15-13(16)11-12(20-11)14(17)18;1-2-10-6(9)4-3(11-4)5(7)8;/h10-14H,6-9H2,1-5H3,(H,17,18);8-12H,5-7H2,1-4H3,(H,15,16)(H,17,18);3-4H,2H2,1H3,(H,7,8);/q;;;+1/p-1/t12-,13-,14-;10-,11-,12-;3-,4-;/m000./s1. The zero-order valence-electron chi connectivity index (χ0n) is 33.7. The number of carbonyl (C=O) groups excluding carboxylic acids is 5. The van der Waals surface area contributed by atoms with Crippen LogP contribution in [0.5, 0.6) is 0 Å². The Morgan fingerprint density at radius 3 is 1.22 bits per heavy atom. The molecule has 3 heterocycles. The van der Waals surface area contributed by atoms with Crippen molar-refractivity contribution < 1.29 is 102 Å². The molecule has 0 saturated carbocycles. The molecule has 0 aromatic carbocycles. The van der Waals surface area contributed by atoms with E-state index in [1.54, 1.807) is 13.8 Å². The van der Waals surface area contributed by atoms with Crippen molar-refractivity contribution in [2.45, 2.75) is 131 Å². The van der Waals surface area contributed by atoms with Crippen LogP contribution in [0, 0.1) is 23.7 Å². The molecule has 0 aromatic heterocycles. The van der Waals surface area contributed by atoms with E-state index in [9.17, 15) is 33.9 Å². The second-order valence-corrected chi connectivity index (χ2v) is 14.6. The van der Waals surface area contributed by atoms with E-state index < -0.39 is 66.4 Å². The van der Waals surface area contributed by atoms with Gasteiger partial charge in [-0.1, -0.05) is 55.4 Å². The van der Waals surface area contributed by atoms with Crippen LogP contribution in [0.2, 0.25) is 0 Å². The average Bonchev–Trinajstić information content (AvgIpc) is 3.90. The quantitative estimate of drug-likeness (QED) is 0.0591. The summed E-state index contributed by atoms with van der Waals surface area (Å²) in [6.45, 7) is 22.7. The number of amides is 2.